The highest BCUT2D eigenvalue weighted by molar-refractivity contribution is 5.95. The van der Waals surface area contributed by atoms with E-state index in [2.05, 4.69) is 5.32 Å². The highest BCUT2D eigenvalue weighted by Crippen LogP contribution is 2.20. The molecule has 1 heterocycles. The Bertz CT molecular complexity index is 916. The molecule has 0 unspecified atom stereocenters. The number of piperidine rings is 1. The van der Waals surface area contributed by atoms with Gasteiger partial charge in [-0.3, -0.25) is 14.4 Å². The van der Waals surface area contributed by atoms with Gasteiger partial charge in [0.1, 0.15) is 5.75 Å². The quantitative estimate of drug-likeness (QED) is 0.454. The summed E-state index contributed by atoms with van der Waals surface area (Å²) in [6.45, 7) is 3.20. The summed E-state index contributed by atoms with van der Waals surface area (Å²) in [5.74, 6) is 0.114. The first-order chi connectivity index (χ1) is 14.5. The van der Waals surface area contributed by atoms with Gasteiger partial charge < -0.3 is 15.0 Å². The number of hydrogen-bond donors (Lipinski definition) is 1. The number of nitrogens with one attached hydrogen (secondary N) is 1. The molecule has 6 nitrogen and oxygen atoms in total. The highest BCUT2D eigenvalue weighted by atomic mass is 16.5. The van der Waals surface area contributed by atoms with Gasteiger partial charge in [-0.25, -0.2) is 0 Å². The van der Waals surface area contributed by atoms with Crippen LogP contribution in [-0.4, -0.2) is 42.3 Å². The summed E-state index contributed by atoms with van der Waals surface area (Å²) in [6.07, 6.45) is 5.00. The minimum atomic E-state index is -0.416. The molecular formula is C24H26N2O4. The van der Waals surface area contributed by atoms with Crippen LogP contribution in [0.15, 0.2) is 60.7 Å². The first-order valence-corrected chi connectivity index (χ1v) is 10.1. The summed E-state index contributed by atoms with van der Waals surface area (Å²) in [7, 11) is 0. The second kappa shape index (κ2) is 10.4. The van der Waals surface area contributed by atoms with Gasteiger partial charge in [0.05, 0.1) is 0 Å². The Morgan fingerprint density at radius 2 is 1.80 bits per heavy atom. The third kappa shape index (κ3) is 6.30. The van der Waals surface area contributed by atoms with E-state index >= 15 is 0 Å². The fraction of sp³-hybridized carbons (Fsp3) is 0.292. The van der Waals surface area contributed by atoms with Crippen molar-refractivity contribution >= 4 is 23.9 Å². The first kappa shape index (κ1) is 21.3. The molecule has 1 saturated heterocycles. The van der Waals surface area contributed by atoms with Crippen LogP contribution in [0.2, 0.25) is 0 Å². The zero-order chi connectivity index (χ0) is 21.3. The lowest BCUT2D eigenvalue weighted by atomic mass is 9.96. The Labute approximate surface area is 176 Å². The Morgan fingerprint density at radius 1 is 1.07 bits per heavy atom. The maximum atomic E-state index is 12.7. The number of rotatable bonds is 6. The first-order valence-electron chi connectivity index (χ1n) is 10.1. The second-order valence-electron chi connectivity index (χ2n) is 7.35. The number of esters is 1. The average molecular weight is 406 g/mol. The molecule has 0 aliphatic carbocycles. The van der Waals surface area contributed by atoms with Gasteiger partial charge >= 0.3 is 5.97 Å². The van der Waals surface area contributed by atoms with Gasteiger partial charge in [0, 0.05) is 38.2 Å². The molecule has 2 aromatic rings. The number of amides is 2. The van der Waals surface area contributed by atoms with Crippen molar-refractivity contribution in [3.8, 4) is 5.75 Å². The summed E-state index contributed by atoms with van der Waals surface area (Å²) >= 11 is 0. The van der Waals surface area contributed by atoms with E-state index in [1.54, 1.807) is 41.3 Å². The topological polar surface area (TPSA) is 75.7 Å². The lowest BCUT2D eigenvalue weighted by molar-refractivity contribution is -0.131. The van der Waals surface area contributed by atoms with Crippen LogP contribution >= 0.6 is 0 Å². The van der Waals surface area contributed by atoms with Crippen molar-refractivity contribution < 1.29 is 19.1 Å². The number of carbonyl (C=O) groups is 3. The van der Waals surface area contributed by atoms with Gasteiger partial charge in [0.15, 0.2) is 0 Å². The fourth-order valence-corrected chi connectivity index (χ4v) is 3.42. The molecule has 0 aromatic heterocycles. The molecule has 2 amide bonds. The van der Waals surface area contributed by atoms with E-state index in [0.717, 1.165) is 18.4 Å². The third-order valence-corrected chi connectivity index (χ3v) is 5.04. The maximum absolute atomic E-state index is 12.7. The molecule has 0 spiro atoms. The molecule has 1 N–H and O–H groups in total. The van der Waals surface area contributed by atoms with Crippen LogP contribution in [0, 0.1) is 5.92 Å². The SMILES string of the molecule is CC(=O)Oc1cccc(C(=O)N2CCC(CNC(=O)/C=C/c3ccccc3)CC2)c1. The van der Waals surface area contributed by atoms with Gasteiger partial charge in [-0.05, 0) is 48.6 Å². The predicted molar refractivity (Wildman–Crippen MR) is 115 cm³/mol. The normalized spacial score (nSPS) is 14.5. The van der Waals surface area contributed by atoms with Crippen molar-refractivity contribution in [3.05, 3.63) is 71.8 Å². The van der Waals surface area contributed by atoms with E-state index in [-0.39, 0.29) is 11.8 Å². The van der Waals surface area contributed by atoms with Gasteiger partial charge in [-0.2, -0.15) is 0 Å². The van der Waals surface area contributed by atoms with Crippen LogP contribution in [0.25, 0.3) is 6.08 Å². The molecule has 0 atom stereocenters. The maximum Gasteiger partial charge on any atom is 0.308 e. The van der Waals surface area contributed by atoms with Gasteiger partial charge in [-0.1, -0.05) is 36.4 Å². The van der Waals surface area contributed by atoms with E-state index in [1.165, 1.54) is 6.92 Å². The predicted octanol–water partition coefficient (Wildman–Crippen LogP) is 3.29. The minimum absolute atomic E-state index is 0.0720. The van der Waals surface area contributed by atoms with Crippen molar-refractivity contribution in [1.82, 2.24) is 10.2 Å². The Hall–Kier alpha value is -3.41. The van der Waals surface area contributed by atoms with Crippen LogP contribution in [0.5, 0.6) is 5.75 Å². The zero-order valence-corrected chi connectivity index (χ0v) is 17.0. The number of nitrogens with zero attached hydrogens (tertiary/aromatic N) is 1. The molecule has 0 radical (unpaired) electrons. The number of ether oxygens (including phenoxy) is 1. The summed E-state index contributed by atoms with van der Waals surface area (Å²) in [5, 5.41) is 2.95. The monoisotopic (exact) mass is 406 g/mol. The van der Waals surface area contributed by atoms with E-state index in [1.807, 2.05) is 30.3 Å². The van der Waals surface area contributed by atoms with E-state index in [9.17, 15) is 14.4 Å². The summed E-state index contributed by atoms with van der Waals surface area (Å²) in [5.41, 5.74) is 1.49. The highest BCUT2D eigenvalue weighted by Gasteiger charge is 2.24. The minimum Gasteiger partial charge on any atom is -0.427 e. The van der Waals surface area contributed by atoms with Crippen LogP contribution in [0.4, 0.5) is 0 Å². The molecule has 1 aliphatic heterocycles. The van der Waals surface area contributed by atoms with Crippen LogP contribution in [-0.2, 0) is 9.59 Å². The van der Waals surface area contributed by atoms with E-state index < -0.39 is 5.97 Å². The second-order valence-corrected chi connectivity index (χ2v) is 7.35. The molecule has 1 aliphatic rings. The van der Waals surface area contributed by atoms with Gasteiger partial charge in [0.2, 0.25) is 5.91 Å². The zero-order valence-electron chi connectivity index (χ0n) is 17.0. The molecule has 156 valence electrons. The number of likely N-dealkylation sites (tertiary alicyclic amines) is 1. The molecular weight excluding hydrogens is 380 g/mol. The van der Waals surface area contributed by atoms with Crippen molar-refractivity contribution in [2.75, 3.05) is 19.6 Å². The Kier molecular flexibility index (Phi) is 7.38. The molecule has 2 aromatic carbocycles. The Balaban J connectivity index is 1.44. The average Bonchev–Trinajstić information content (AvgIpc) is 2.76. The van der Waals surface area contributed by atoms with E-state index in [4.69, 9.17) is 4.74 Å². The summed E-state index contributed by atoms with van der Waals surface area (Å²) < 4.78 is 5.06. The fourth-order valence-electron chi connectivity index (χ4n) is 3.42. The summed E-state index contributed by atoms with van der Waals surface area (Å²) in [6, 6.07) is 16.4. The van der Waals surface area contributed by atoms with E-state index in [0.29, 0.717) is 36.9 Å². The standard InChI is InChI=1S/C24H26N2O4/c1-18(27)30-22-9-5-8-21(16-22)24(29)26-14-12-20(13-15-26)17-25-23(28)11-10-19-6-3-2-4-7-19/h2-11,16,20H,12-15,17H2,1H3,(H,25,28)/b11-10+. The van der Waals surface area contributed by atoms with Crippen LogP contribution < -0.4 is 10.1 Å². The van der Waals surface area contributed by atoms with Crippen LogP contribution in [0.1, 0.15) is 35.7 Å². The van der Waals surface area contributed by atoms with Gasteiger partial charge in [-0.15, -0.1) is 0 Å². The smallest absolute Gasteiger partial charge is 0.308 e. The van der Waals surface area contributed by atoms with Crippen molar-refractivity contribution in [2.24, 2.45) is 5.92 Å². The lowest BCUT2D eigenvalue weighted by Crippen LogP contribution is -2.41. The largest absolute Gasteiger partial charge is 0.427 e. The molecule has 1 fully saturated rings. The van der Waals surface area contributed by atoms with Crippen LogP contribution in [0.3, 0.4) is 0 Å². The lowest BCUT2D eigenvalue weighted by Gasteiger charge is -2.32. The molecule has 3 rings (SSSR count). The van der Waals surface area contributed by atoms with Crippen molar-refractivity contribution in [3.63, 3.8) is 0 Å². The molecule has 6 heteroatoms. The number of hydrogen-bond acceptors (Lipinski definition) is 4. The summed E-state index contributed by atoms with van der Waals surface area (Å²) in [4.78, 5) is 37.7. The molecule has 30 heavy (non-hydrogen) atoms. The number of carbonyl (C=O) groups excluding carboxylic acids is 3. The number of benzene rings is 2. The van der Waals surface area contributed by atoms with Crippen molar-refractivity contribution in [2.45, 2.75) is 19.8 Å². The Morgan fingerprint density at radius 3 is 2.50 bits per heavy atom. The van der Waals surface area contributed by atoms with Crippen molar-refractivity contribution in [1.29, 1.82) is 0 Å². The molecule has 0 bridgehead atoms. The third-order valence-electron chi connectivity index (χ3n) is 5.04. The van der Waals surface area contributed by atoms with Gasteiger partial charge in [0.25, 0.3) is 5.91 Å². The molecule has 0 saturated carbocycles.